The Kier molecular flexibility index (Phi) is 8.43. The molecule has 4 nitrogen and oxygen atoms in total. The number of alkyl halides is 7. The van der Waals surface area contributed by atoms with Gasteiger partial charge in [-0.05, 0) is 35.4 Å². The standard InChI is InChI=1S/C10H7Br2F3O2.C9H5BrF3NO/c1-17-9(16)6-2-5(12)3-8(7(6)4-11)10(13,14)15;10-4-1-5-6(3-14-8(5)15)7(2-4)9(11,12)13/h2-3H,4H2,1H3;1-2H,3H2,(H,14,15). The molecule has 0 bridgehead atoms. The molecule has 0 aliphatic carbocycles. The summed E-state index contributed by atoms with van der Waals surface area (Å²) in [5.41, 5.74) is -1.74. The molecule has 13 heteroatoms. The molecule has 1 aliphatic heterocycles. The summed E-state index contributed by atoms with van der Waals surface area (Å²) in [6, 6.07) is 4.62. The second kappa shape index (κ2) is 10.1. The topological polar surface area (TPSA) is 55.4 Å². The lowest BCUT2D eigenvalue weighted by Crippen LogP contribution is -2.14. The number of halogens is 9. The van der Waals surface area contributed by atoms with Gasteiger partial charge in [0.05, 0.1) is 23.8 Å². The van der Waals surface area contributed by atoms with E-state index < -0.39 is 35.4 Å². The summed E-state index contributed by atoms with van der Waals surface area (Å²) >= 11 is 8.85. The molecular weight excluding hydrogens is 644 g/mol. The number of methoxy groups -OCH3 is 1. The molecule has 0 unspecified atom stereocenters. The molecule has 0 aromatic heterocycles. The van der Waals surface area contributed by atoms with Crippen molar-refractivity contribution < 1.29 is 40.7 Å². The molecule has 2 aromatic rings. The minimum atomic E-state index is -4.52. The van der Waals surface area contributed by atoms with Gasteiger partial charge in [0.25, 0.3) is 5.91 Å². The van der Waals surface area contributed by atoms with Gasteiger partial charge in [-0.3, -0.25) is 4.79 Å². The van der Waals surface area contributed by atoms with Gasteiger partial charge in [-0.2, -0.15) is 26.3 Å². The zero-order valence-electron chi connectivity index (χ0n) is 15.9. The van der Waals surface area contributed by atoms with Gasteiger partial charge in [-0.1, -0.05) is 47.8 Å². The molecule has 0 radical (unpaired) electrons. The van der Waals surface area contributed by atoms with Crippen molar-refractivity contribution in [3.8, 4) is 0 Å². The van der Waals surface area contributed by atoms with Crippen LogP contribution in [0.1, 0.15) is 43.0 Å². The van der Waals surface area contributed by atoms with Crippen LogP contribution in [0.25, 0.3) is 0 Å². The lowest BCUT2D eigenvalue weighted by Gasteiger charge is -2.15. The fraction of sp³-hybridized carbons (Fsp3) is 0.263. The average molecular weight is 656 g/mol. The van der Waals surface area contributed by atoms with Gasteiger partial charge in [0.1, 0.15) is 0 Å². The van der Waals surface area contributed by atoms with Crippen LogP contribution in [-0.4, -0.2) is 19.0 Å². The number of amides is 1. The smallest absolute Gasteiger partial charge is 0.416 e. The summed E-state index contributed by atoms with van der Waals surface area (Å²) in [6.45, 7) is -0.0592. The molecule has 0 saturated carbocycles. The number of carbonyl (C=O) groups excluding carboxylic acids is 2. The number of hydrogen-bond donors (Lipinski definition) is 1. The molecule has 3 rings (SSSR count). The van der Waals surface area contributed by atoms with E-state index in [1.165, 1.54) is 12.1 Å². The Morgan fingerprint density at radius 3 is 2.03 bits per heavy atom. The first-order valence-electron chi connectivity index (χ1n) is 8.42. The maximum atomic E-state index is 12.8. The SMILES string of the molecule is COC(=O)c1cc(Br)cc(C(F)(F)F)c1CBr.O=C1NCc2c1cc(Br)cc2C(F)(F)F. The van der Waals surface area contributed by atoms with Crippen LogP contribution in [0.3, 0.4) is 0 Å². The minimum absolute atomic E-state index is 0.0238. The number of rotatable bonds is 2. The molecule has 32 heavy (non-hydrogen) atoms. The van der Waals surface area contributed by atoms with Crippen LogP contribution >= 0.6 is 47.8 Å². The van der Waals surface area contributed by atoms with Crippen LogP contribution in [-0.2, 0) is 29.0 Å². The number of hydrogen-bond acceptors (Lipinski definition) is 3. The van der Waals surface area contributed by atoms with Crippen LogP contribution in [0.5, 0.6) is 0 Å². The minimum Gasteiger partial charge on any atom is -0.465 e. The first-order chi connectivity index (χ1) is 14.7. The monoisotopic (exact) mass is 653 g/mol. The van der Waals surface area contributed by atoms with Gasteiger partial charge < -0.3 is 10.1 Å². The molecule has 1 heterocycles. The number of benzene rings is 2. The first kappa shape index (κ1) is 26.7. The maximum absolute atomic E-state index is 12.8. The molecule has 0 spiro atoms. The Balaban J connectivity index is 0.000000228. The second-order valence-corrected chi connectivity index (χ2v) is 8.65. The van der Waals surface area contributed by atoms with Crippen LogP contribution in [0, 0.1) is 0 Å². The Morgan fingerprint density at radius 1 is 1.00 bits per heavy atom. The van der Waals surface area contributed by atoms with Gasteiger partial charge in [0.15, 0.2) is 0 Å². The summed E-state index contributed by atoms with van der Waals surface area (Å²) in [6.07, 6.45) is -8.95. The lowest BCUT2D eigenvalue weighted by molar-refractivity contribution is -0.139. The number of ether oxygens (including phenoxy) is 1. The van der Waals surface area contributed by atoms with E-state index in [2.05, 4.69) is 57.8 Å². The molecule has 1 amide bonds. The van der Waals surface area contributed by atoms with E-state index in [9.17, 15) is 35.9 Å². The number of fused-ring (bicyclic) bond motifs is 1. The summed E-state index contributed by atoms with van der Waals surface area (Å²) in [7, 11) is 1.12. The largest absolute Gasteiger partial charge is 0.465 e. The molecule has 1 aliphatic rings. The fourth-order valence-corrected chi connectivity index (χ4v) is 4.39. The number of esters is 1. The Hall–Kier alpha value is -1.60. The van der Waals surface area contributed by atoms with E-state index in [-0.39, 0.29) is 43.1 Å². The fourth-order valence-electron chi connectivity index (χ4n) is 2.87. The highest BCUT2D eigenvalue weighted by molar-refractivity contribution is 9.10. The predicted octanol–water partition coefficient (Wildman–Crippen LogP) is 6.86. The summed E-state index contributed by atoms with van der Waals surface area (Å²) in [4.78, 5) is 22.6. The third-order valence-corrected chi connectivity index (χ3v) is 5.73. The molecule has 0 fully saturated rings. The van der Waals surface area contributed by atoms with Crippen molar-refractivity contribution >= 4 is 59.7 Å². The van der Waals surface area contributed by atoms with Gasteiger partial charge in [0, 0.05) is 26.4 Å². The van der Waals surface area contributed by atoms with E-state index in [1.54, 1.807) is 0 Å². The quantitative estimate of drug-likeness (QED) is 0.219. The van der Waals surface area contributed by atoms with Crippen LogP contribution < -0.4 is 5.32 Å². The highest BCUT2D eigenvalue weighted by Crippen LogP contribution is 2.38. The number of carbonyl (C=O) groups is 2. The van der Waals surface area contributed by atoms with Crippen molar-refractivity contribution in [2.45, 2.75) is 24.2 Å². The third-order valence-electron chi connectivity index (χ3n) is 4.25. The predicted molar refractivity (Wildman–Crippen MR) is 113 cm³/mol. The molecule has 2 aromatic carbocycles. The highest BCUT2D eigenvalue weighted by Gasteiger charge is 2.37. The Bertz CT molecular complexity index is 1050. The zero-order valence-corrected chi connectivity index (χ0v) is 20.6. The Morgan fingerprint density at radius 2 is 1.53 bits per heavy atom. The van der Waals surface area contributed by atoms with Gasteiger partial charge >= 0.3 is 18.3 Å². The van der Waals surface area contributed by atoms with Gasteiger partial charge in [-0.15, -0.1) is 0 Å². The van der Waals surface area contributed by atoms with Gasteiger partial charge in [-0.25, -0.2) is 4.79 Å². The summed E-state index contributed by atoms with van der Waals surface area (Å²) in [5.74, 6) is -1.26. The van der Waals surface area contributed by atoms with E-state index >= 15 is 0 Å². The third kappa shape index (κ3) is 6.04. The van der Waals surface area contributed by atoms with Crippen LogP contribution in [0.2, 0.25) is 0 Å². The molecular formula is C19H12Br3F6NO3. The lowest BCUT2D eigenvalue weighted by atomic mass is 10.0. The van der Waals surface area contributed by atoms with Crippen molar-refractivity contribution in [3.05, 3.63) is 66.6 Å². The van der Waals surface area contributed by atoms with Crippen molar-refractivity contribution in [1.82, 2.24) is 5.32 Å². The summed E-state index contributed by atoms with van der Waals surface area (Å²) in [5, 5.41) is 2.28. The van der Waals surface area contributed by atoms with Crippen molar-refractivity contribution in [1.29, 1.82) is 0 Å². The molecule has 0 saturated heterocycles. The van der Waals surface area contributed by atoms with Crippen molar-refractivity contribution in [2.24, 2.45) is 0 Å². The van der Waals surface area contributed by atoms with Gasteiger partial charge in [0.2, 0.25) is 0 Å². The second-order valence-electron chi connectivity index (χ2n) is 6.26. The first-order valence-corrected chi connectivity index (χ1v) is 11.1. The zero-order chi connectivity index (χ0) is 24.4. The highest BCUT2D eigenvalue weighted by atomic mass is 79.9. The normalized spacial score (nSPS) is 13.1. The van der Waals surface area contributed by atoms with E-state index in [0.717, 1.165) is 19.2 Å². The van der Waals surface area contributed by atoms with Crippen LogP contribution in [0.4, 0.5) is 26.3 Å². The van der Waals surface area contributed by atoms with E-state index in [0.29, 0.717) is 0 Å². The van der Waals surface area contributed by atoms with E-state index in [4.69, 9.17) is 0 Å². The molecule has 0 atom stereocenters. The Labute approximate surface area is 203 Å². The maximum Gasteiger partial charge on any atom is 0.416 e. The van der Waals surface area contributed by atoms with Crippen molar-refractivity contribution in [2.75, 3.05) is 7.11 Å². The van der Waals surface area contributed by atoms with E-state index in [1.807, 2.05) is 0 Å². The molecule has 174 valence electrons. The average Bonchev–Trinajstić information content (AvgIpc) is 3.05. The van der Waals surface area contributed by atoms with Crippen LogP contribution in [0.15, 0.2) is 33.2 Å². The van der Waals surface area contributed by atoms with Crippen molar-refractivity contribution in [3.63, 3.8) is 0 Å². The molecule has 1 N–H and O–H groups in total. The summed E-state index contributed by atoms with van der Waals surface area (Å²) < 4.78 is 81.0. The number of nitrogens with one attached hydrogen (secondary N) is 1.